The minimum Gasteiger partial charge on any atom is -0.378 e. The lowest BCUT2D eigenvalue weighted by molar-refractivity contribution is 0.122. The van der Waals surface area contributed by atoms with E-state index in [1.165, 1.54) is 38.5 Å². The van der Waals surface area contributed by atoms with Crippen molar-refractivity contribution >= 4 is 11.6 Å². The van der Waals surface area contributed by atoms with E-state index in [-0.39, 0.29) is 0 Å². The molecule has 5 heteroatoms. The Hall–Kier alpha value is -2.14. The summed E-state index contributed by atoms with van der Waals surface area (Å²) >= 11 is 0. The molecule has 1 aromatic carbocycles. The lowest BCUT2D eigenvalue weighted by Gasteiger charge is -2.28. The third-order valence-electron chi connectivity index (χ3n) is 5.29. The summed E-state index contributed by atoms with van der Waals surface area (Å²) < 4.78 is 5.50. The molecule has 1 aromatic heterocycles. The monoisotopic (exact) mass is 352 g/mol. The summed E-state index contributed by atoms with van der Waals surface area (Å²) in [4.78, 5) is 12.0. The molecule has 1 aliphatic carbocycles. The molecular formula is C21H28N4O. The van der Waals surface area contributed by atoms with Gasteiger partial charge in [-0.05, 0) is 12.8 Å². The number of hydrogen-bond acceptors (Lipinski definition) is 5. The maximum atomic E-state index is 5.50. The van der Waals surface area contributed by atoms with E-state index in [0.717, 1.165) is 49.3 Å². The van der Waals surface area contributed by atoms with Crippen molar-refractivity contribution in [3.63, 3.8) is 0 Å². The molecule has 4 rings (SSSR count). The molecule has 2 aromatic rings. The van der Waals surface area contributed by atoms with Gasteiger partial charge >= 0.3 is 0 Å². The van der Waals surface area contributed by atoms with Crippen molar-refractivity contribution in [3.05, 3.63) is 36.4 Å². The van der Waals surface area contributed by atoms with Crippen molar-refractivity contribution in [2.75, 3.05) is 36.5 Å². The van der Waals surface area contributed by atoms with Crippen molar-refractivity contribution < 1.29 is 4.74 Å². The quantitative estimate of drug-likeness (QED) is 0.839. The maximum Gasteiger partial charge on any atom is 0.163 e. The molecule has 0 bridgehead atoms. The van der Waals surface area contributed by atoms with Gasteiger partial charge < -0.3 is 15.0 Å². The van der Waals surface area contributed by atoms with Crippen molar-refractivity contribution in [1.29, 1.82) is 0 Å². The zero-order valence-corrected chi connectivity index (χ0v) is 15.4. The van der Waals surface area contributed by atoms with E-state index in [2.05, 4.69) is 28.4 Å². The largest absolute Gasteiger partial charge is 0.378 e. The smallest absolute Gasteiger partial charge is 0.163 e. The van der Waals surface area contributed by atoms with Crippen LogP contribution in [0.25, 0.3) is 11.4 Å². The van der Waals surface area contributed by atoms with Gasteiger partial charge in [0.25, 0.3) is 0 Å². The molecule has 0 amide bonds. The summed E-state index contributed by atoms with van der Waals surface area (Å²) in [6.07, 6.45) is 7.80. The Balaban J connectivity index is 1.63. The number of aromatic nitrogens is 2. The molecule has 5 nitrogen and oxygen atoms in total. The molecule has 0 atom stereocenters. The first-order valence-electron chi connectivity index (χ1n) is 9.92. The number of nitrogens with one attached hydrogen (secondary N) is 1. The number of anilines is 2. The normalized spacial score (nSPS) is 19.2. The summed E-state index contributed by atoms with van der Waals surface area (Å²) in [5.74, 6) is 2.75. The van der Waals surface area contributed by atoms with E-state index in [1.54, 1.807) is 0 Å². The first-order chi connectivity index (χ1) is 12.9. The predicted molar refractivity (Wildman–Crippen MR) is 106 cm³/mol. The van der Waals surface area contributed by atoms with Gasteiger partial charge in [-0.1, -0.05) is 56.0 Å². The summed E-state index contributed by atoms with van der Waals surface area (Å²) in [5, 5.41) is 3.70. The minimum atomic E-state index is 0.522. The molecule has 138 valence electrons. The van der Waals surface area contributed by atoms with Crippen LogP contribution >= 0.6 is 0 Å². The summed E-state index contributed by atoms with van der Waals surface area (Å²) in [6.45, 7) is 3.29. The first-order valence-corrected chi connectivity index (χ1v) is 9.92. The fourth-order valence-electron chi connectivity index (χ4n) is 3.81. The lowest BCUT2D eigenvalue weighted by atomic mass is 10.1. The Labute approximate surface area is 155 Å². The van der Waals surface area contributed by atoms with Crippen molar-refractivity contribution in [2.45, 2.75) is 44.6 Å². The van der Waals surface area contributed by atoms with Crippen LogP contribution in [0.3, 0.4) is 0 Å². The number of nitrogens with zero attached hydrogens (tertiary/aromatic N) is 3. The van der Waals surface area contributed by atoms with E-state index in [4.69, 9.17) is 14.7 Å². The fourth-order valence-corrected chi connectivity index (χ4v) is 3.81. The molecule has 1 N–H and O–H groups in total. The lowest BCUT2D eigenvalue weighted by Crippen LogP contribution is -2.37. The second kappa shape index (κ2) is 8.49. The number of benzene rings is 1. The highest BCUT2D eigenvalue weighted by Gasteiger charge is 2.18. The van der Waals surface area contributed by atoms with Crippen LogP contribution in [0.15, 0.2) is 36.4 Å². The van der Waals surface area contributed by atoms with Gasteiger partial charge in [-0.3, -0.25) is 0 Å². The molecule has 1 saturated heterocycles. The average Bonchev–Trinajstić information content (AvgIpc) is 2.98. The number of hydrogen-bond donors (Lipinski definition) is 1. The van der Waals surface area contributed by atoms with E-state index in [0.29, 0.717) is 6.04 Å². The zero-order valence-electron chi connectivity index (χ0n) is 15.4. The predicted octanol–water partition coefficient (Wildman–Crippen LogP) is 4.11. The highest BCUT2D eigenvalue weighted by Crippen LogP contribution is 2.26. The maximum absolute atomic E-state index is 5.50. The highest BCUT2D eigenvalue weighted by molar-refractivity contribution is 5.62. The van der Waals surface area contributed by atoms with Crippen LogP contribution < -0.4 is 10.2 Å². The SMILES string of the molecule is c1ccc(-c2nc(NC3CCCCCC3)cc(N3CCOCC3)n2)cc1. The molecule has 1 saturated carbocycles. The van der Waals surface area contributed by atoms with Crippen LogP contribution in [0.1, 0.15) is 38.5 Å². The number of rotatable bonds is 4. The van der Waals surface area contributed by atoms with Gasteiger partial charge in [0.1, 0.15) is 11.6 Å². The number of morpholine rings is 1. The van der Waals surface area contributed by atoms with Crippen LogP contribution in [0.5, 0.6) is 0 Å². The van der Waals surface area contributed by atoms with Gasteiger partial charge in [0, 0.05) is 30.8 Å². The third kappa shape index (κ3) is 4.33. The third-order valence-corrected chi connectivity index (χ3v) is 5.29. The van der Waals surface area contributed by atoms with Crippen molar-refractivity contribution in [3.8, 4) is 11.4 Å². The molecule has 2 fully saturated rings. The fraction of sp³-hybridized carbons (Fsp3) is 0.524. The van der Waals surface area contributed by atoms with Gasteiger partial charge in [-0.25, -0.2) is 9.97 Å². The second-order valence-corrected chi connectivity index (χ2v) is 7.23. The molecule has 2 heterocycles. The Kier molecular flexibility index (Phi) is 5.65. The van der Waals surface area contributed by atoms with Gasteiger partial charge in [-0.15, -0.1) is 0 Å². The van der Waals surface area contributed by atoms with Gasteiger partial charge in [0.05, 0.1) is 13.2 Å². The van der Waals surface area contributed by atoms with Crippen LogP contribution in [0.4, 0.5) is 11.6 Å². The Bertz CT molecular complexity index is 692. The molecular weight excluding hydrogens is 324 g/mol. The van der Waals surface area contributed by atoms with Crippen LogP contribution in [0.2, 0.25) is 0 Å². The van der Waals surface area contributed by atoms with E-state index in [1.807, 2.05) is 18.2 Å². The van der Waals surface area contributed by atoms with Gasteiger partial charge in [-0.2, -0.15) is 0 Å². The average molecular weight is 352 g/mol. The van der Waals surface area contributed by atoms with Crippen LogP contribution in [0, 0.1) is 0 Å². The molecule has 2 aliphatic rings. The van der Waals surface area contributed by atoms with Crippen LogP contribution in [-0.2, 0) is 4.74 Å². The molecule has 26 heavy (non-hydrogen) atoms. The number of ether oxygens (including phenoxy) is 1. The standard InChI is InChI=1S/C21H28N4O/c1-2-7-11-18(10-6-1)22-19-16-20(25-12-14-26-15-13-25)24-21(23-19)17-8-4-3-5-9-17/h3-5,8-9,16,18H,1-2,6-7,10-15H2,(H,22,23,24). The first kappa shape index (κ1) is 17.3. The van der Waals surface area contributed by atoms with E-state index >= 15 is 0 Å². The minimum absolute atomic E-state index is 0.522. The molecule has 0 spiro atoms. The van der Waals surface area contributed by atoms with Gasteiger partial charge in [0.15, 0.2) is 5.82 Å². The summed E-state index contributed by atoms with van der Waals surface area (Å²) in [7, 11) is 0. The molecule has 0 unspecified atom stereocenters. The van der Waals surface area contributed by atoms with Crippen molar-refractivity contribution in [1.82, 2.24) is 9.97 Å². The molecule has 1 aliphatic heterocycles. The summed E-state index contributed by atoms with van der Waals surface area (Å²) in [5.41, 5.74) is 1.06. The zero-order chi connectivity index (χ0) is 17.6. The topological polar surface area (TPSA) is 50.3 Å². The van der Waals surface area contributed by atoms with E-state index in [9.17, 15) is 0 Å². The Morgan fingerprint density at radius 3 is 2.38 bits per heavy atom. The van der Waals surface area contributed by atoms with Crippen LogP contribution in [-0.4, -0.2) is 42.3 Å². The second-order valence-electron chi connectivity index (χ2n) is 7.23. The highest BCUT2D eigenvalue weighted by atomic mass is 16.5. The van der Waals surface area contributed by atoms with Crippen molar-refractivity contribution in [2.24, 2.45) is 0 Å². The molecule has 0 radical (unpaired) electrons. The Morgan fingerprint density at radius 1 is 0.923 bits per heavy atom. The Morgan fingerprint density at radius 2 is 1.65 bits per heavy atom. The van der Waals surface area contributed by atoms with E-state index < -0.39 is 0 Å². The van der Waals surface area contributed by atoms with Gasteiger partial charge in [0.2, 0.25) is 0 Å². The summed E-state index contributed by atoms with van der Waals surface area (Å²) in [6, 6.07) is 12.9.